The van der Waals surface area contributed by atoms with Crippen molar-refractivity contribution < 1.29 is 14.0 Å². The zero-order valence-corrected chi connectivity index (χ0v) is 14.9. The van der Waals surface area contributed by atoms with Crippen LogP contribution in [0.3, 0.4) is 0 Å². The summed E-state index contributed by atoms with van der Waals surface area (Å²) in [5.74, 6) is -0.431. The molecule has 0 spiro atoms. The molecule has 6 heteroatoms. The molecule has 2 N–H and O–H groups in total. The van der Waals surface area contributed by atoms with E-state index in [9.17, 15) is 9.59 Å². The quantitative estimate of drug-likeness (QED) is 0.771. The number of benzene rings is 1. The van der Waals surface area contributed by atoms with Gasteiger partial charge in [-0.25, -0.2) is 0 Å². The lowest BCUT2D eigenvalue weighted by Gasteiger charge is -2.24. The molecule has 2 aromatic rings. The van der Waals surface area contributed by atoms with Gasteiger partial charge in [0.25, 0.3) is 5.91 Å². The highest BCUT2D eigenvalue weighted by molar-refractivity contribution is 5.95. The molecule has 1 aromatic carbocycles. The number of nitrogens with zero attached hydrogens (tertiary/aromatic N) is 1. The Bertz CT molecular complexity index is 698. The number of carbonyl (C=O) groups is 2. The zero-order chi connectivity index (χ0) is 18.2. The molecule has 0 bridgehead atoms. The average Bonchev–Trinajstić information content (AvgIpc) is 3.13. The van der Waals surface area contributed by atoms with Gasteiger partial charge in [0.1, 0.15) is 6.04 Å². The molecule has 0 radical (unpaired) electrons. The lowest BCUT2D eigenvalue weighted by atomic mass is 10.2. The number of nitrogens with one attached hydrogen (secondary N) is 2. The van der Waals surface area contributed by atoms with Crippen LogP contribution in [0, 0.1) is 6.92 Å². The first-order valence-electron chi connectivity index (χ1n) is 8.45. The summed E-state index contributed by atoms with van der Waals surface area (Å²) in [6.07, 6.45) is 1.42. The maximum Gasteiger partial charge on any atom is 0.287 e. The van der Waals surface area contributed by atoms with Crippen LogP contribution < -0.4 is 15.5 Å². The van der Waals surface area contributed by atoms with Crippen LogP contribution in [0.2, 0.25) is 0 Å². The normalized spacial score (nSPS) is 11.6. The number of aryl methyl sites for hydroxylation is 1. The van der Waals surface area contributed by atoms with Crippen molar-refractivity contribution in [1.29, 1.82) is 0 Å². The van der Waals surface area contributed by atoms with Gasteiger partial charge < -0.3 is 20.0 Å². The molecule has 2 rings (SSSR count). The molecule has 0 fully saturated rings. The van der Waals surface area contributed by atoms with E-state index in [1.165, 1.54) is 11.8 Å². The molecule has 25 heavy (non-hydrogen) atoms. The summed E-state index contributed by atoms with van der Waals surface area (Å²) in [5.41, 5.74) is 2.34. The van der Waals surface area contributed by atoms with Gasteiger partial charge in [-0.1, -0.05) is 12.1 Å². The number of hydrogen-bond donors (Lipinski definition) is 2. The number of hydrogen-bond acceptors (Lipinski definition) is 4. The molecular formula is C19H25N3O3. The van der Waals surface area contributed by atoms with Crippen molar-refractivity contribution in [3.05, 3.63) is 54.0 Å². The van der Waals surface area contributed by atoms with Gasteiger partial charge in [-0.05, 0) is 50.6 Å². The summed E-state index contributed by atoms with van der Waals surface area (Å²) < 4.78 is 5.01. The van der Waals surface area contributed by atoms with Crippen LogP contribution in [0.1, 0.15) is 30.0 Å². The summed E-state index contributed by atoms with van der Waals surface area (Å²) in [5, 5.41) is 5.47. The smallest absolute Gasteiger partial charge is 0.287 e. The molecule has 2 amide bonds. The number of likely N-dealkylation sites (N-methyl/N-ethyl adjacent to an activating group) is 1. The number of furan rings is 1. The highest BCUT2D eigenvalue weighted by Crippen LogP contribution is 2.14. The van der Waals surface area contributed by atoms with Crippen molar-refractivity contribution in [2.24, 2.45) is 0 Å². The van der Waals surface area contributed by atoms with E-state index in [1.807, 2.05) is 6.07 Å². The van der Waals surface area contributed by atoms with Crippen LogP contribution in [0.4, 0.5) is 5.69 Å². The van der Waals surface area contributed by atoms with Crippen LogP contribution in [0.5, 0.6) is 0 Å². The molecule has 134 valence electrons. The van der Waals surface area contributed by atoms with E-state index >= 15 is 0 Å². The fraction of sp³-hybridized carbons (Fsp3) is 0.368. The fourth-order valence-electron chi connectivity index (χ4n) is 2.50. The van der Waals surface area contributed by atoms with Crippen molar-refractivity contribution in [3.8, 4) is 0 Å². The first-order valence-corrected chi connectivity index (χ1v) is 8.45. The SMILES string of the molecule is CCN(CCNC(=O)C(C)NC(=O)c1ccco1)c1cccc(C)c1. The van der Waals surface area contributed by atoms with Gasteiger partial charge >= 0.3 is 0 Å². The fourth-order valence-corrected chi connectivity index (χ4v) is 2.50. The molecule has 0 saturated carbocycles. The molecule has 1 unspecified atom stereocenters. The Morgan fingerprint density at radius 1 is 1.24 bits per heavy atom. The van der Waals surface area contributed by atoms with Crippen molar-refractivity contribution >= 4 is 17.5 Å². The molecule has 1 heterocycles. The van der Waals surface area contributed by atoms with E-state index in [-0.39, 0.29) is 11.7 Å². The lowest BCUT2D eigenvalue weighted by Crippen LogP contribution is -2.46. The lowest BCUT2D eigenvalue weighted by molar-refractivity contribution is -0.122. The number of carbonyl (C=O) groups excluding carboxylic acids is 2. The van der Waals surface area contributed by atoms with E-state index in [4.69, 9.17) is 4.42 Å². The van der Waals surface area contributed by atoms with E-state index < -0.39 is 11.9 Å². The number of amides is 2. The minimum Gasteiger partial charge on any atom is -0.459 e. The second-order valence-electron chi connectivity index (χ2n) is 5.88. The molecular weight excluding hydrogens is 318 g/mol. The topological polar surface area (TPSA) is 74.6 Å². The van der Waals surface area contributed by atoms with Gasteiger partial charge in [0.05, 0.1) is 6.26 Å². The number of anilines is 1. The summed E-state index contributed by atoms with van der Waals surface area (Å²) in [4.78, 5) is 26.2. The molecule has 0 aliphatic rings. The molecule has 6 nitrogen and oxygen atoms in total. The predicted molar refractivity (Wildman–Crippen MR) is 97.7 cm³/mol. The maximum absolute atomic E-state index is 12.1. The summed E-state index contributed by atoms with van der Waals surface area (Å²) >= 11 is 0. The summed E-state index contributed by atoms with van der Waals surface area (Å²) in [7, 11) is 0. The van der Waals surface area contributed by atoms with Gasteiger partial charge in [-0.15, -0.1) is 0 Å². The van der Waals surface area contributed by atoms with E-state index in [0.717, 1.165) is 12.2 Å². The third-order valence-corrected chi connectivity index (χ3v) is 3.92. The first kappa shape index (κ1) is 18.6. The first-order chi connectivity index (χ1) is 12.0. The van der Waals surface area contributed by atoms with Gasteiger partial charge in [0.15, 0.2) is 5.76 Å². The third-order valence-electron chi connectivity index (χ3n) is 3.92. The van der Waals surface area contributed by atoms with Crippen molar-refractivity contribution in [2.45, 2.75) is 26.8 Å². The maximum atomic E-state index is 12.1. The monoisotopic (exact) mass is 343 g/mol. The van der Waals surface area contributed by atoms with E-state index in [1.54, 1.807) is 19.1 Å². The highest BCUT2D eigenvalue weighted by Gasteiger charge is 2.17. The highest BCUT2D eigenvalue weighted by atomic mass is 16.3. The van der Waals surface area contributed by atoms with Gasteiger partial charge in [-0.3, -0.25) is 9.59 Å². The Morgan fingerprint density at radius 3 is 2.68 bits per heavy atom. The Hall–Kier alpha value is -2.76. The predicted octanol–water partition coefficient (Wildman–Crippen LogP) is 2.35. The van der Waals surface area contributed by atoms with Crippen LogP contribution in [-0.2, 0) is 4.79 Å². The van der Waals surface area contributed by atoms with Crippen molar-refractivity contribution in [2.75, 3.05) is 24.5 Å². The Kier molecular flexibility index (Phi) is 6.62. The van der Waals surface area contributed by atoms with Crippen LogP contribution in [0.25, 0.3) is 0 Å². The molecule has 1 aromatic heterocycles. The van der Waals surface area contributed by atoms with Crippen LogP contribution >= 0.6 is 0 Å². The minimum absolute atomic E-state index is 0.191. The number of rotatable bonds is 8. The second kappa shape index (κ2) is 8.92. The average molecular weight is 343 g/mol. The molecule has 1 atom stereocenters. The van der Waals surface area contributed by atoms with Crippen LogP contribution in [-0.4, -0.2) is 37.5 Å². The largest absolute Gasteiger partial charge is 0.459 e. The Labute approximate surface area is 148 Å². The molecule has 0 aliphatic heterocycles. The Morgan fingerprint density at radius 2 is 2.04 bits per heavy atom. The summed E-state index contributed by atoms with van der Waals surface area (Å²) in [6.45, 7) is 7.84. The third kappa shape index (κ3) is 5.38. The van der Waals surface area contributed by atoms with E-state index in [2.05, 4.69) is 47.6 Å². The van der Waals surface area contributed by atoms with E-state index in [0.29, 0.717) is 13.1 Å². The second-order valence-corrected chi connectivity index (χ2v) is 5.88. The zero-order valence-electron chi connectivity index (χ0n) is 14.9. The standard InChI is InChI=1S/C19H25N3O3/c1-4-22(16-8-5-7-14(2)13-16)11-10-20-18(23)15(3)21-19(24)17-9-6-12-25-17/h5-9,12-13,15H,4,10-11H2,1-3H3,(H,20,23)(H,21,24). The molecule has 0 aliphatic carbocycles. The Balaban J connectivity index is 1.79. The van der Waals surface area contributed by atoms with Gasteiger partial charge in [0, 0.05) is 25.3 Å². The summed E-state index contributed by atoms with van der Waals surface area (Å²) in [6, 6.07) is 10.8. The molecule has 0 saturated heterocycles. The van der Waals surface area contributed by atoms with Gasteiger partial charge in [-0.2, -0.15) is 0 Å². The minimum atomic E-state index is -0.633. The van der Waals surface area contributed by atoms with Crippen LogP contribution in [0.15, 0.2) is 47.1 Å². The van der Waals surface area contributed by atoms with Crippen molar-refractivity contribution in [1.82, 2.24) is 10.6 Å². The van der Waals surface area contributed by atoms with Crippen molar-refractivity contribution in [3.63, 3.8) is 0 Å². The van der Waals surface area contributed by atoms with Gasteiger partial charge in [0.2, 0.25) is 5.91 Å².